The van der Waals surface area contributed by atoms with Gasteiger partial charge in [-0.25, -0.2) is 0 Å². The Morgan fingerprint density at radius 1 is 1.33 bits per heavy atom. The molecule has 0 spiro atoms. The number of benzene rings is 1. The molecule has 0 saturated heterocycles. The number of hydrogen-bond donors (Lipinski definition) is 1. The van der Waals surface area contributed by atoms with Crippen molar-refractivity contribution >= 4 is 23.4 Å². The minimum atomic E-state index is -2.56. The van der Waals surface area contributed by atoms with Crippen molar-refractivity contribution in [1.29, 1.82) is 0 Å². The van der Waals surface area contributed by atoms with Gasteiger partial charge in [0, 0.05) is 12.0 Å². The van der Waals surface area contributed by atoms with Gasteiger partial charge >= 0.3 is 0 Å². The number of thioether (sulfide) groups is 1. The number of carbonyl (C=O) groups excluding carboxylic acids is 1. The fourth-order valence-corrected chi connectivity index (χ4v) is 2.27. The summed E-state index contributed by atoms with van der Waals surface area (Å²) in [7, 11) is 1.51. The Hall–Kier alpha value is -1.86. The molecule has 4 nitrogen and oxygen atoms in total. The Labute approximate surface area is 124 Å². The first kappa shape index (κ1) is 15.5. The van der Waals surface area contributed by atoms with Gasteiger partial charge in [-0.15, -0.1) is 0 Å². The van der Waals surface area contributed by atoms with Gasteiger partial charge in [-0.05, 0) is 24.3 Å². The van der Waals surface area contributed by atoms with Crippen molar-refractivity contribution in [3.8, 4) is 0 Å². The summed E-state index contributed by atoms with van der Waals surface area (Å²) in [6.07, 6.45) is 0. The highest BCUT2D eigenvalue weighted by Crippen LogP contribution is 2.31. The van der Waals surface area contributed by atoms with Gasteiger partial charge in [-0.3, -0.25) is 4.79 Å². The molecule has 0 atom stereocenters. The van der Waals surface area contributed by atoms with Crippen molar-refractivity contribution < 1.29 is 22.7 Å². The van der Waals surface area contributed by atoms with Gasteiger partial charge in [0.25, 0.3) is 11.7 Å². The molecule has 0 unspecified atom stereocenters. The summed E-state index contributed by atoms with van der Waals surface area (Å²) in [6, 6.07) is 9.49. The monoisotopic (exact) mass is 313 g/mol. The number of nitrogens with one attached hydrogen (secondary N) is 1. The number of hydrogen-bond acceptors (Lipinski definition) is 4. The molecule has 0 aliphatic rings. The molecule has 0 fully saturated rings. The maximum Gasteiger partial charge on any atom is 0.291 e. The number of methoxy groups -OCH3 is 1. The molecule has 1 amide bonds. The van der Waals surface area contributed by atoms with Crippen molar-refractivity contribution in [3.05, 3.63) is 47.9 Å². The molecule has 0 aliphatic carbocycles. The first-order valence-electron chi connectivity index (χ1n) is 6.03. The Kier molecular flexibility index (Phi) is 5.35. The molecule has 7 heteroatoms. The van der Waals surface area contributed by atoms with Crippen LogP contribution in [0.1, 0.15) is 16.3 Å². The van der Waals surface area contributed by atoms with Crippen LogP contribution in [0.2, 0.25) is 0 Å². The zero-order valence-electron chi connectivity index (χ0n) is 11.1. The lowest BCUT2D eigenvalue weighted by Gasteiger charge is -2.09. The van der Waals surface area contributed by atoms with Gasteiger partial charge in [0.05, 0.1) is 5.69 Å². The number of carbonyl (C=O) groups is 1. The van der Waals surface area contributed by atoms with Gasteiger partial charge in [-0.2, -0.15) is 8.78 Å². The van der Waals surface area contributed by atoms with Crippen molar-refractivity contribution in [2.24, 2.45) is 0 Å². The van der Waals surface area contributed by atoms with E-state index in [1.165, 1.54) is 19.2 Å². The highest BCUT2D eigenvalue weighted by molar-refractivity contribution is 7.99. The molecule has 21 heavy (non-hydrogen) atoms. The smallest absolute Gasteiger partial charge is 0.291 e. The Morgan fingerprint density at radius 3 is 2.81 bits per heavy atom. The number of halogens is 2. The van der Waals surface area contributed by atoms with Crippen molar-refractivity contribution in [1.82, 2.24) is 0 Å². The minimum absolute atomic E-state index is 0.0962. The van der Waals surface area contributed by atoms with Gasteiger partial charge in [0.1, 0.15) is 12.4 Å². The quantitative estimate of drug-likeness (QED) is 0.819. The van der Waals surface area contributed by atoms with Gasteiger partial charge in [-0.1, -0.05) is 23.9 Å². The normalized spacial score (nSPS) is 10.9. The van der Waals surface area contributed by atoms with Crippen LogP contribution in [0.5, 0.6) is 0 Å². The lowest BCUT2D eigenvalue weighted by atomic mass is 10.3. The van der Waals surface area contributed by atoms with Crippen LogP contribution >= 0.6 is 11.8 Å². The van der Waals surface area contributed by atoms with E-state index >= 15 is 0 Å². The summed E-state index contributed by atoms with van der Waals surface area (Å²) >= 11 is 0.377. The number of para-hydroxylation sites is 1. The highest BCUT2D eigenvalue weighted by atomic mass is 32.2. The van der Waals surface area contributed by atoms with Crippen LogP contribution in [0.3, 0.4) is 0 Å². The Balaban J connectivity index is 2.11. The fourth-order valence-electron chi connectivity index (χ4n) is 1.67. The van der Waals surface area contributed by atoms with E-state index in [4.69, 9.17) is 9.15 Å². The predicted octanol–water partition coefficient (Wildman–Crippen LogP) is 3.99. The second-order valence-electron chi connectivity index (χ2n) is 4.03. The zero-order chi connectivity index (χ0) is 15.2. The first-order valence-corrected chi connectivity index (χ1v) is 6.91. The molecular formula is C14H13F2NO3S. The fraction of sp³-hybridized carbons (Fsp3) is 0.214. The van der Waals surface area contributed by atoms with Crippen LogP contribution in [0, 0.1) is 0 Å². The average molecular weight is 313 g/mol. The van der Waals surface area contributed by atoms with E-state index in [1.54, 1.807) is 24.3 Å². The molecule has 2 aromatic rings. The van der Waals surface area contributed by atoms with Crippen molar-refractivity contribution in [3.63, 3.8) is 0 Å². The van der Waals surface area contributed by atoms with E-state index < -0.39 is 11.7 Å². The molecular weight excluding hydrogens is 300 g/mol. The number of alkyl halides is 2. The second kappa shape index (κ2) is 7.24. The number of ether oxygens (including phenoxy) is 1. The molecule has 1 aromatic heterocycles. The zero-order valence-corrected chi connectivity index (χ0v) is 12.0. The maximum atomic E-state index is 12.5. The number of anilines is 1. The average Bonchev–Trinajstić information content (AvgIpc) is 2.89. The SMILES string of the molecule is COCc1ccc(C(=O)Nc2ccccc2SC(F)F)o1. The molecule has 0 saturated carbocycles. The summed E-state index contributed by atoms with van der Waals surface area (Å²) in [5.74, 6) is -2.45. The Bertz CT molecular complexity index is 616. The van der Waals surface area contributed by atoms with Gasteiger partial charge in [0.2, 0.25) is 0 Å². The molecule has 1 N–H and O–H groups in total. The maximum absolute atomic E-state index is 12.5. The molecule has 0 aliphatic heterocycles. The number of rotatable bonds is 6. The predicted molar refractivity (Wildman–Crippen MR) is 75.7 cm³/mol. The molecule has 2 rings (SSSR count). The lowest BCUT2D eigenvalue weighted by molar-refractivity contribution is 0.0987. The summed E-state index contributed by atoms with van der Waals surface area (Å²) in [4.78, 5) is 12.3. The summed E-state index contributed by atoms with van der Waals surface area (Å²) in [6.45, 7) is 0.255. The lowest BCUT2D eigenvalue weighted by Crippen LogP contribution is -2.11. The second-order valence-corrected chi connectivity index (χ2v) is 5.06. The van der Waals surface area contributed by atoms with E-state index in [0.29, 0.717) is 28.1 Å². The first-order chi connectivity index (χ1) is 10.1. The third kappa shape index (κ3) is 4.30. The van der Waals surface area contributed by atoms with Crippen LogP contribution in [-0.4, -0.2) is 18.8 Å². The van der Waals surface area contributed by atoms with Crippen LogP contribution < -0.4 is 5.32 Å². The molecule has 1 heterocycles. The summed E-state index contributed by atoms with van der Waals surface area (Å²) < 4.78 is 35.1. The van der Waals surface area contributed by atoms with Crippen molar-refractivity contribution in [2.75, 3.05) is 12.4 Å². The van der Waals surface area contributed by atoms with E-state index in [-0.39, 0.29) is 12.4 Å². The van der Waals surface area contributed by atoms with Crippen LogP contribution in [0.4, 0.5) is 14.5 Å². The standard InChI is InChI=1S/C14H13F2NO3S/c1-19-8-9-6-7-11(20-9)13(18)17-10-4-2-3-5-12(10)21-14(15)16/h2-7,14H,8H2,1H3,(H,17,18). The van der Waals surface area contributed by atoms with Crippen LogP contribution in [-0.2, 0) is 11.3 Å². The third-order valence-electron chi connectivity index (χ3n) is 2.52. The van der Waals surface area contributed by atoms with Crippen LogP contribution in [0.15, 0.2) is 45.7 Å². The number of furan rings is 1. The third-order valence-corrected chi connectivity index (χ3v) is 3.31. The van der Waals surface area contributed by atoms with Gasteiger partial charge < -0.3 is 14.5 Å². The Morgan fingerprint density at radius 2 is 2.10 bits per heavy atom. The number of amides is 1. The van der Waals surface area contributed by atoms with E-state index in [1.807, 2.05) is 0 Å². The van der Waals surface area contributed by atoms with Crippen molar-refractivity contribution in [2.45, 2.75) is 17.3 Å². The summed E-state index contributed by atoms with van der Waals surface area (Å²) in [5.41, 5.74) is 0.317. The summed E-state index contributed by atoms with van der Waals surface area (Å²) in [5, 5.41) is 2.56. The minimum Gasteiger partial charge on any atom is -0.453 e. The highest BCUT2D eigenvalue weighted by Gasteiger charge is 2.15. The topological polar surface area (TPSA) is 51.5 Å². The largest absolute Gasteiger partial charge is 0.453 e. The van der Waals surface area contributed by atoms with E-state index in [9.17, 15) is 13.6 Å². The molecule has 0 radical (unpaired) electrons. The van der Waals surface area contributed by atoms with Gasteiger partial charge in [0.15, 0.2) is 5.76 Å². The molecule has 112 valence electrons. The van der Waals surface area contributed by atoms with E-state index in [0.717, 1.165) is 0 Å². The molecule has 1 aromatic carbocycles. The van der Waals surface area contributed by atoms with Crippen LogP contribution in [0.25, 0.3) is 0 Å². The molecule has 0 bridgehead atoms. The van der Waals surface area contributed by atoms with E-state index in [2.05, 4.69) is 5.32 Å².